The third kappa shape index (κ3) is 3.69. The number of nitrogens with zero attached hydrogens (tertiary/aromatic N) is 1. The van der Waals surface area contributed by atoms with Crippen LogP contribution in [-0.4, -0.2) is 27.8 Å². The Kier molecular flexibility index (Phi) is 5.19. The van der Waals surface area contributed by atoms with Gasteiger partial charge in [-0.3, -0.25) is 9.59 Å². The van der Waals surface area contributed by atoms with Gasteiger partial charge in [0.15, 0.2) is 0 Å². The van der Waals surface area contributed by atoms with Gasteiger partial charge in [-0.2, -0.15) is 0 Å². The Morgan fingerprint density at radius 2 is 1.82 bits per heavy atom. The van der Waals surface area contributed by atoms with Crippen molar-refractivity contribution in [2.75, 3.05) is 5.32 Å². The highest BCUT2D eigenvalue weighted by atomic mass is 16.2. The molecule has 3 saturated carbocycles. The summed E-state index contributed by atoms with van der Waals surface area (Å²) in [5.74, 6) is 1.81. The number of aromatic amines is 1. The van der Waals surface area contributed by atoms with Gasteiger partial charge in [0.2, 0.25) is 5.91 Å². The number of benzene rings is 2. The van der Waals surface area contributed by atoms with E-state index in [1.54, 1.807) is 0 Å². The van der Waals surface area contributed by atoms with Gasteiger partial charge < -0.3 is 15.6 Å². The van der Waals surface area contributed by atoms with E-state index in [4.69, 9.17) is 4.98 Å². The number of hydrogen-bond donors (Lipinski definition) is 3. The first-order chi connectivity index (χ1) is 16.5. The van der Waals surface area contributed by atoms with Crippen molar-refractivity contribution < 1.29 is 9.59 Å². The molecule has 3 aromatic rings. The number of aromatic nitrogens is 2. The molecule has 0 radical (unpaired) electrons. The minimum Gasteiger partial charge on any atom is -0.349 e. The molecular weight excluding hydrogens is 424 g/mol. The number of carbonyl (C=O) groups excluding carboxylic acids is 2. The zero-order valence-corrected chi connectivity index (χ0v) is 19.7. The maximum absolute atomic E-state index is 12.8. The van der Waals surface area contributed by atoms with Crippen LogP contribution in [0.3, 0.4) is 0 Å². The van der Waals surface area contributed by atoms with Crippen LogP contribution >= 0.6 is 0 Å². The minimum atomic E-state index is -0.00677. The van der Waals surface area contributed by atoms with Crippen molar-refractivity contribution in [3.05, 3.63) is 48.0 Å². The average Bonchev–Trinajstić information content (AvgIpc) is 3.30. The van der Waals surface area contributed by atoms with Crippen molar-refractivity contribution in [3.8, 4) is 11.4 Å². The van der Waals surface area contributed by atoms with Gasteiger partial charge in [0.1, 0.15) is 5.82 Å². The van der Waals surface area contributed by atoms with Crippen LogP contribution in [0.5, 0.6) is 0 Å². The molecule has 176 valence electrons. The maximum atomic E-state index is 12.8. The van der Waals surface area contributed by atoms with Crippen molar-refractivity contribution >= 4 is 28.5 Å². The quantitative estimate of drug-likeness (QED) is 0.462. The molecule has 1 aromatic heterocycles. The molecule has 3 aliphatic carbocycles. The van der Waals surface area contributed by atoms with Crippen molar-refractivity contribution in [2.45, 2.75) is 64.3 Å². The Hall–Kier alpha value is -3.15. The first kappa shape index (κ1) is 21.4. The van der Waals surface area contributed by atoms with E-state index in [9.17, 15) is 9.59 Å². The Morgan fingerprint density at radius 1 is 1.03 bits per heavy atom. The topological polar surface area (TPSA) is 86.9 Å². The Morgan fingerprint density at radius 3 is 2.50 bits per heavy atom. The van der Waals surface area contributed by atoms with Gasteiger partial charge in [0.05, 0.1) is 11.0 Å². The summed E-state index contributed by atoms with van der Waals surface area (Å²) in [5.41, 5.74) is 4.40. The number of imidazole rings is 1. The lowest BCUT2D eigenvalue weighted by Crippen LogP contribution is -2.64. The molecule has 3 atom stereocenters. The summed E-state index contributed by atoms with van der Waals surface area (Å²) in [5, 5.41) is 6.31. The predicted octanol–water partition coefficient (Wildman–Crippen LogP) is 5.67. The van der Waals surface area contributed by atoms with Gasteiger partial charge in [0.25, 0.3) is 5.91 Å². The minimum absolute atomic E-state index is 0.00677. The first-order valence-electron chi connectivity index (χ1n) is 12.7. The van der Waals surface area contributed by atoms with Gasteiger partial charge in [-0.15, -0.1) is 0 Å². The summed E-state index contributed by atoms with van der Waals surface area (Å²) < 4.78 is 0. The summed E-state index contributed by atoms with van der Waals surface area (Å²) in [6, 6.07) is 13.7. The van der Waals surface area contributed by atoms with Crippen LogP contribution in [0.15, 0.2) is 42.5 Å². The van der Waals surface area contributed by atoms with Gasteiger partial charge in [0, 0.05) is 28.8 Å². The number of rotatable bonds is 5. The van der Waals surface area contributed by atoms with Crippen molar-refractivity contribution in [1.82, 2.24) is 15.3 Å². The summed E-state index contributed by atoms with van der Waals surface area (Å²) >= 11 is 0. The zero-order chi connectivity index (χ0) is 23.3. The monoisotopic (exact) mass is 456 g/mol. The third-order valence-electron chi connectivity index (χ3n) is 8.73. The number of carbonyl (C=O) groups is 2. The number of nitrogens with one attached hydrogen (secondary N) is 3. The van der Waals surface area contributed by atoms with E-state index in [-0.39, 0.29) is 17.7 Å². The molecule has 0 saturated heterocycles. The lowest BCUT2D eigenvalue weighted by molar-refractivity contribution is -0.120. The molecule has 0 bridgehead atoms. The molecule has 2 aromatic carbocycles. The van der Waals surface area contributed by atoms with Crippen LogP contribution < -0.4 is 10.6 Å². The molecule has 3 unspecified atom stereocenters. The highest BCUT2D eigenvalue weighted by molar-refractivity contribution is 5.98. The molecule has 3 N–H and O–H groups in total. The Bertz CT molecular complexity index is 1240. The third-order valence-corrected chi connectivity index (χ3v) is 8.73. The average molecular weight is 457 g/mol. The summed E-state index contributed by atoms with van der Waals surface area (Å²) in [6.07, 6.45) is 9.14. The molecule has 0 spiro atoms. The summed E-state index contributed by atoms with van der Waals surface area (Å²) in [7, 11) is 0. The Labute approximate surface area is 199 Å². The molecule has 2 amide bonds. The van der Waals surface area contributed by atoms with Gasteiger partial charge in [-0.1, -0.05) is 26.2 Å². The number of amides is 2. The number of fused-ring (bicyclic) bond motifs is 2. The first-order valence-corrected chi connectivity index (χ1v) is 12.7. The maximum Gasteiger partial charge on any atom is 0.251 e. The van der Waals surface area contributed by atoms with Crippen LogP contribution in [-0.2, 0) is 4.79 Å². The van der Waals surface area contributed by atoms with E-state index < -0.39 is 0 Å². The van der Waals surface area contributed by atoms with E-state index in [1.807, 2.05) is 42.5 Å². The number of H-pyrrole nitrogens is 1. The van der Waals surface area contributed by atoms with Crippen molar-refractivity contribution in [2.24, 2.45) is 17.3 Å². The zero-order valence-electron chi connectivity index (χ0n) is 19.7. The van der Waals surface area contributed by atoms with E-state index in [0.29, 0.717) is 17.0 Å². The van der Waals surface area contributed by atoms with Gasteiger partial charge in [-0.05, 0) is 85.9 Å². The fourth-order valence-corrected chi connectivity index (χ4v) is 6.12. The largest absolute Gasteiger partial charge is 0.349 e. The lowest BCUT2D eigenvalue weighted by atomic mass is 9.46. The van der Waals surface area contributed by atoms with Crippen LogP contribution in [0.25, 0.3) is 22.4 Å². The molecule has 6 heteroatoms. The van der Waals surface area contributed by atoms with E-state index >= 15 is 0 Å². The molecule has 34 heavy (non-hydrogen) atoms. The number of hydrogen-bond acceptors (Lipinski definition) is 3. The van der Waals surface area contributed by atoms with Crippen LogP contribution in [0.2, 0.25) is 0 Å². The second-order valence-corrected chi connectivity index (χ2v) is 10.7. The number of anilines is 1. The van der Waals surface area contributed by atoms with Gasteiger partial charge >= 0.3 is 0 Å². The smallest absolute Gasteiger partial charge is 0.251 e. The summed E-state index contributed by atoms with van der Waals surface area (Å²) in [4.78, 5) is 33.4. The fourth-order valence-electron chi connectivity index (χ4n) is 6.12. The standard InChI is InChI=1S/C28H32N4O2/c1-28-14-13-20(28)16-24(28)32-27(34)19-9-12-22-23(15-19)31-25(30-22)17-7-10-21(11-8-17)29-26(33)18-5-3-2-4-6-18/h7-12,15,18,20,24H,2-6,13-14,16H2,1H3,(H,29,33)(H,30,31)(H,32,34). The Balaban J connectivity index is 1.13. The highest BCUT2D eigenvalue weighted by Crippen LogP contribution is 2.60. The molecule has 3 aliphatic rings. The van der Waals surface area contributed by atoms with E-state index in [0.717, 1.165) is 66.1 Å². The van der Waals surface area contributed by atoms with Crippen LogP contribution in [0, 0.1) is 17.3 Å². The molecule has 1 heterocycles. The van der Waals surface area contributed by atoms with E-state index in [2.05, 4.69) is 22.5 Å². The molecule has 3 fully saturated rings. The van der Waals surface area contributed by atoms with Gasteiger partial charge in [-0.25, -0.2) is 4.98 Å². The van der Waals surface area contributed by atoms with Crippen LogP contribution in [0.4, 0.5) is 5.69 Å². The molecule has 0 aliphatic heterocycles. The molecule has 6 rings (SSSR count). The SMILES string of the molecule is CC12CCC1CC2NC(=O)c1ccc2nc(-c3ccc(NC(=O)C4CCCCC4)cc3)[nH]c2c1. The molecule has 6 nitrogen and oxygen atoms in total. The van der Waals surface area contributed by atoms with Crippen molar-refractivity contribution in [1.29, 1.82) is 0 Å². The normalized spacial score (nSPS) is 26.3. The second-order valence-electron chi connectivity index (χ2n) is 10.7. The molecular formula is C28H32N4O2. The highest BCUT2D eigenvalue weighted by Gasteiger charge is 2.57. The second kappa shape index (κ2) is 8.26. The predicted molar refractivity (Wildman–Crippen MR) is 133 cm³/mol. The fraction of sp³-hybridized carbons (Fsp3) is 0.464. The lowest BCUT2D eigenvalue weighted by Gasteiger charge is -2.62. The van der Waals surface area contributed by atoms with E-state index in [1.165, 1.54) is 19.3 Å². The van der Waals surface area contributed by atoms with Crippen LogP contribution in [0.1, 0.15) is 68.6 Å². The summed E-state index contributed by atoms with van der Waals surface area (Å²) in [6.45, 7) is 2.30. The van der Waals surface area contributed by atoms with Crippen molar-refractivity contribution in [3.63, 3.8) is 0 Å².